The van der Waals surface area contributed by atoms with Crippen molar-refractivity contribution in [2.45, 2.75) is 31.7 Å². The van der Waals surface area contributed by atoms with Gasteiger partial charge in [0.05, 0.1) is 12.3 Å². The summed E-state index contributed by atoms with van der Waals surface area (Å²) >= 11 is 0. The molecule has 1 atom stereocenters. The molecule has 2 heterocycles. The minimum atomic E-state index is -3.33. The van der Waals surface area contributed by atoms with Crippen LogP contribution in [-0.2, 0) is 22.3 Å². The molecular formula is C16H22N4O3S. The van der Waals surface area contributed by atoms with Crippen molar-refractivity contribution in [3.63, 3.8) is 0 Å². The molecule has 8 heteroatoms. The van der Waals surface area contributed by atoms with Gasteiger partial charge in [0.25, 0.3) is 0 Å². The largest absolute Gasteiger partial charge is 0.338 e. The number of likely N-dealkylation sites (N-methyl/N-ethyl adjacent to an activating group) is 1. The fraction of sp³-hybridized carbons (Fsp3) is 0.500. The van der Waals surface area contributed by atoms with Crippen LogP contribution >= 0.6 is 0 Å². The van der Waals surface area contributed by atoms with Gasteiger partial charge < -0.3 is 4.52 Å². The number of aromatic nitrogens is 2. The monoisotopic (exact) mass is 350 g/mol. The highest BCUT2D eigenvalue weighted by Gasteiger charge is 2.32. The Hall–Kier alpha value is -1.77. The average molecular weight is 350 g/mol. The first-order chi connectivity index (χ1) is 11.4. The topological polar surface area (TPSA) is 79.5 Å². The van der Waals surface area contributed by atoms with Gasteiger partial charge in [-0.3, -0.25) is 4.90 Å². The molecule has 7 nitrogen and oxygen atoms in total. The van der Waals surface area contributed by atoms with E-state index in [0.29, 0.717) is 24.8 Å². The number of sulfonamides is 1. The van der Waals surface area contributed by atoms with Crippen molar-refractivity contribution in [3.8, 4) is 0 Å². The number of hydrogen-bond donors (Lipinski definition) is 0. The molecule has 1 aromatic carbocycles. The van der Waals surface area contributed by atoms with Crippen LogP contribution in [0.5, 0.6) is 0 Å². The van der Waals surface area contributed by atoms with Gasteiger partial charge in [-0.15, -0.1) is 0 Å². The number of rotatable bonds is 6. The number of likely N-dealkylation sites (tertiary alicyclic amines) is 1. The highest BCUT2D eigenvalue weighted by molar-refractivity contribution is 7.88. The van der Waals surface area contributed by atoms with Crippen molar-refractivity contribution in [2.75, 3.05) is 20.1 Å². The van der Waals surface area contributed by atoms with Gasteiger partial charge >= 0.3 is 0 Å². The zero-order chi connectivity index (χ0) is 17.2. The zero-order valence-corrected chi connectivity index (χ0v) is 14.7. The molecule has 2 aromatic rings. The lowest BCUT2D eigenvalue weighted by atomic mass is 10.2. The Morgan fingerprint density at radius 3 is 2.75 bits per heavy atom. The van der Waals surface area contributed by atoms with Crippen molar-refractivity contribution >= 4 is 10.0 Å². The Morgan fingerprint density at radius 1 is 1.33 bits per heavy atom. The minimum Gasteiger partial charge on any atom is -0.338 e. The third-order valence-corrected chi connectivity index (χ3v) is 6.19. The molecule has 0 bridgehead atoms. The number of aryl methyl sites for hydroxylation is 1. The summed E-state index contributed by atoms with van der Waals surface area (Å²) in [5, 5.41) is 3.78. The van der Waals surface area contributed by atoms with Crippen LogP contribution in [-0.4, -0.2) is 53.9 Å². The predicted octanol–water partition coefficient (Wildman–Crippen LogP) is 1.41. The molecule has 1 aliphatic rings. The molecule has 0 spiro atoms. The minimum absolute atomic E-state index is 0.0252. The first kappa shape index (κ1) is 17.1. The maximum Gasteiger partial charge on any atom is 0.240 e. The Bertz CT molecular complexity index is 776. The van der Waals surface area contributed by atoms with Crippen LogP contribution in [0.3, 0.4) is 0 Å². The number of nitrogens with zero attached hydrogens (tertiary/aromatic N) is 4. The highest BCUT2D eigenvalue weighted by Crippen LogP contribution is 2.21. The quantitative estimate of drug-likeness (QED) is 0.784. The highest BCUT2D eigenvalue weighted by atomic mass is 32.2. The maximum absolute atomic E-state index is 12.6. The molecule has 0 N–H and O–H groups in total. The molecule has 0 radical (unpaired) electrons. The summed E-state index contributed by atoms with van der Waals surface area (Å²) in [6.07, 6.45) is 0.803. The van der Waals surface area contributed by atoms with Gasteiger partial charge in [0.1, 0.15) is 0 Å². The van der Waals surface area contributed by atoms with Crippen LogP contribution in [0.15, 0.2) is 34.9 Å². The summed E-state index contributed by atoms with van der Waals surface area (Å²) in [6.45, 7) is 3.83. The summed E-state index contributed by atoms with van der Waals surface area (Å²) < 4.78 is 31.9. The Balaban J connectivity index is 1.60. The summed E-state index contributed by atoms with van der Waals surface area (Å²) in [6, 6.07) is 9.24. The fourth-order valence-electron chi connectivity index (χ4n) is 2.96. The van der Waals surface area contributed by atoms with Crippen LogP contribution in [0, 0.1) is 6.92 Å². The van der Waals surface area contributed by atoms with Crippen LogP contribution in [0.4, 0.5) is 0 Å². The third-order valence-electron chi connectivity index (χ3n) is 4.32. The molecule has 24 heavy (non-hydrogen) atoms. The summed E-state index contributed by atoms with van der Waals surface area (Å²) in [5.74, 6) is 1.22. The van der Waals surface area contributed by atoms with E-state index < -0.39 is 10.0 Å². The van der Waals surface area contributed by atoms with Crippen molar-refractivity contribution in [1.82, 2.24) is 19.3 Å². The van der Waals surface area contributed by atoms with E-state index in [4.69, 9.17) is 4.52 Å². The van der Waals surface area contributed by atoms with Crippen LogP contribution in [0.1, 0.15) is 23.7 Å². The molecule has 3 rings (SSSR count). The SMILES string of the molecule is Cc1noc(CN2CCC(N(C)S(=O)(=O)Cc3ccccc3)C2)n1. The van der Waals surface area contributed by atoms with Crippen molar-refractivity contribution in [3.05, 3.63) is 47.6 Å². The van der Waals surface area contributed by atoms with Crippen molar-refractivity contribution in [2.24, 2.45) is 0 Å². The van der Waals surface area contributed by atoms with E-state index in [1.807, 2.05) is 30.3 Å². The molecular weight excluding hydrogens is 328 g/mol. The second kappa shape index (κ2) is 7.00. The standard InChI is InChI=1S/C16H22N4O3S/c1-13-17-16(23-18-13)11-20-9-8-15(10-20)19(2)24(21,22)12-14-6-4-3-5-7-14/h3-7,15H,8-12H2,1-2H3. The normalized spacial score (nSPS) is 19.2. The summed E-state index contributed by atoms with van der Waals surface area (Å²) in [7, 11) is -1.66. The first-order valence-electron chi connectivity index (χ1n) is 7.95. The van der Waals surface area contributed by atoms with Gasteiger partial charge in [0.15, 0.2) is 5.82 Å². The Morgan fingerprint density at radius 2 is 2.08 bits per heavy atom. The molecule has 1 aliphatic heterocycles. The smallest absolute Gasteiger partial charge is 0.240 e. The molecule has 130 valence electrons. The van der Waals surface area contributed by atoms with Crippen LogP contribution in [0.25, 0.3) is 0 Å². The molecule has 1 saturated heterocycles. The summed E-state index contributed by atoms with van der Waals surface area (Å²) in [4.78, 5) is 6.34. The molecule has 0 aliphatic carbocycles. The van der Waals surface area contributed by atoms with E-state index in [2.05, 4.69) is 15.0 Å². The lowest BCUT2D eigenvalue weighted by Gasteiger charge is -2.24. The van der Waals surface area contributed by atoms with E-state index in [1.54, 1.807) is 14.0 Å². The fourth-order valence-corrected chi connectivity index (χ4v) is 4.41. The van der Waals surface area contributed by atoms with Crippen molar-refractivity contribution in [1.29, 1.82) is 0 Å². The zero-order valence-electron chi connectivity index (χ0n) is 13.9. The average Bonchev–Trinajstić information content (AvgIpc) is 3.17. The third kappa shape index (κ3) is 4.00. The van der Waals surface area contributed by atoms with E-state index in [1.165, 1.54) is 4.31 Å². The molecule has 1 aromatic heterocycles. The predicted molar refractivity (Wildman–Crippen MR) is 89.5 cm³/mol. The van der Waals surface area contributed by atoms with Gasteiger partial charge in [-0.1, -0.05) is 35.5 Å². The van der Waals surface area contributed by atoms with Gasteiger partial charge in [-0.25, -0.2) is 12.7 Å². The number of hydrogen-bond acceptors (Lipinski definition) is 6. The molecule has 1 fully saturated rings. The maximum atomic E-state index is 12.6. The molecule has 0 amide bonds. The van der Waals surface area contributed by atoms with Crippen LogP contribution in [0.2, 0.25) is 0 Å². The van der Waals surface area contributed by atoms with E-state index in [-0.39, 0.29) is 11.8 Å². The van der Waals surface area contributed by atoms with E-state index in [9.17, 15) is 8.42 Å². The van der Waals surface area contributed by atoms with E-state index >= 15 is 0 Å². The van der Waals surface area contributed by atoms with E-state index in [0.717, 1.165) is 18.5 Å². The van der Waals surface area contributed by atoms with Gasteiger partial charge in [0, 0.05) is 26.2 Å². The molecule has 0 saturated carbocycles. The molecule has 1 unspecified atom stereocenters. The lowest BCUT2D eigenvalue weighted by molar-refractivity contribution is 0.253. The second-order valence-electron chi connectivity index (χ2n) is 6.17. The van der Waals surface area contributed by atoms with Crippen LogP contribution < -0.4 is 0 Å². The Labute approximate surface area is 142 Å². The van der Waals surface area contributed by atoms with Gasteiger partial charge in [-0.2, -0.15) is 4.98 Å². The van der Waals surface area contributed by atoms with Gasteiger partial charge in [-0.05, 0) is 18.9 Å². The number of benzene rings is 1. The summed E-state index contributed by atoms with van der Waals surface area (Å²) in [5.41, 5.74) is 0.806. The first-order valence-corrected chi connectivity index (χ1v) is 9.56. The lowest BCUT2D eigenvalue weighted by Crippen LogP contribution is -2.39. The van der Waals surface area contributed by atoms with Crippen molar-refractivity contribution < 1.29 is 12.9 Å². The Kier molecular flexibility index (Phi) is 4.98. The second-order valence-corrected chi connectivity index (χ2v) is 8.20. The van der Waals surface area contributed by atoms with Gasteiger partial charge in [0.2, 0.25) is 15.9 Å².